The standard InChI is InChI=1S/C13H20N2O2/c1-10(12-7-4-8-17-12)15-13(16)9-14-11-5-2-3-6-11/h4,7-8,10-11,14H,2-3,5-6,9H2,1H3,(H,15,16)/t10-/m0/s1. The third-order valence-corrected chi connectivity index (χ3v) is 3.25. The molecule has 1 saturated carbocycles. The van der Waals surface area contributed by atoms with Crippen molar-refractivity contribution in [2.75, 3.05) is 6.54 Å². The molecule has 0 aliphatic heterocycles. The maximum atomic E-state index is 11.7. The molecule has 94 valence electrons. The molecule has 1 amide bonds. The average Bonchev–Trinajstić information content (AvgIpc) is 2.99. The van der Waals surface area contributed by atoms with Crippen LogP contribution in [0.3, 0.4) is 0 Å². The summed E-state index contributed by atoms with van der Waals surface area (Å²) < 4.78 is 5.24. The predicted molar refractivity (Wildman–Crippen MR) is 65.5 cm³/mol. The molecule has 1 heterocycles. The van der Waals surface area contributed by atoms with Gasteiger partial charge >= 0.3 is 0 Å². The zero-order valence-electron chi connectivity index (χ0n) is 10.2. The lowest BCUT2D eigenvalue weighted by molar-refractivity contribution is -0.121. The lowest BCUT2D eigenvalue weighted by Crippen LogP contribution is -2.38. The molecular formula is C13H20N2O2. The summed E-state index contributed by atoms with van der Waals surface area (Å²) >= 11 is 0. The molecule has 0 radical (unpaired) electrons. The third kappa shape index (κ3) is 3.60. The van der Waals surface area contributed by atoms with E-state index in [2.05, 4.69) is 10.6 Å². The first-order chi connectivity index (χ1) is 8.25. The van der Waals surface area contributed by atoms with Gasteiger partial charge in [-0.3, -0.25) is 4.79 Å². The molecule has 0 spiro atoms. The van der Waals surface area contributed by atoms with Gasteiger partial charge in [0.1, 0.15) is 5.76 Å². The van der Waals surface area contributed by atoms with Crippen LogP contribution >= 0.6 is 0 Å². The van der Waals surface area contributed by atoms with Crippen LogP contribution in [-0.2, 0) is 4.79 Å². The molecule has 0 bridgehead atoms. The van der Waals surface area contributed by atoms with Crippen molar-refractivity contribution in [3.8, 4) is 0 Å². The molecule has 0 saturated heterocycles. The van der Waals surface area contributed by atoms with E-state index in [-0.39, 0.29) is 11.9 Å². The Labute approximate surface area is 102 Å². The van der Waals surface area contributed by atoms with Gasteiger partial charge in [-0.05, 0) is 31.9 Å². The van der Waals surface area contributed by atoms with Crippen LogP contribution < -0.4 is 10.6 Å². The Hall–Kier alpha value is -1.29. The summed E-state index contributed by atoms with van der Waals surface area (Å²) in [5, 5.41) is 6.20. The highest BCUT2D eigenvalue weighted by molar-refractivity contribution is 5.78. The predicted octanol–water partition coefficient (Wildman–Crippen LogP) is 1.99. The average molecular weight is 236 g/mol. The highest BCUT2D eigenvalue weighted by Crippen LogP contribution is 2.17. The topological polar surface area (TPSA) is 54.3 Å². The van der Waals surface area contributed by atoms with Crippen molar-refractivity contribution < 1.29 is 9.21 Å². The van der Waals surface area contributed by atoms with Crippen molar-refractivity contribution in [3.05, 3.63) is 24.2 Å². The minimum absolute atomic E-state index is 0.0285. The van der Waals surface area contributed by atoms with Crippen LogP contribution in [0.2, 0.25) is 0 Å². The first-order valence-corrected chi connectivity index (χ1v) is 6.32. The fourth-order valence-electron chi connectivity index (χ4n) is 2.27. The molecular weight excluding hydrogens is 216 g/mol. The summed E-state index contributed by atoms with van der Waals surface area (Å²) in [6, 6.07) is 4.16. The summed E-state index contributed by atoms with van der Waals surface area (Å²) in [4.78, 5) is 11.7. The molecule has 1 fully saturated rings. The Balaban J connectivity index is 1.69. The van der Waals surface area contributed by atoms with Gasteiger partial charge in [0, 0.05) is 6.04 Å². The minimum Gasteiger partial charge on any atom is -0.467 e. The fourth-order valence-corrected chi connectivity index (χ4v) is 2.27. The van der Waals surface area contributed by atoms with E-state index < -0.39 is 0 Å². The molecule has 0 unspecified atom stereocenters. The summed E-state index contributed by atoms with van der Waals surface area (Å²) in [5.74, 6) is 0.819. The number of hydrogen-bond donors (Lipinski definition) is 2. The van der Waals surface area contributed by atoms with Gasteiger partial charge in [-0.2, -0.15) is 0 Å². The van der Waals surface area contributed by atoms with E-state index in [1.165, 1.54) is 25.7 Å². The van der Waals surface area contributed by atoms with Crippen molar-refractivity contribution >= 4 is 5.91 Å². The SMILES string of the molecule is C[C@H](NC(=O)CNC1CCCC1)c1ccco1. The Bertz CT molecular complexity index is 342. The molecule has 0 aromatic carbocycles. The number of hydrogen-bond acceptors (Lipinski definition) is 3. The zero-order chi connectivity index (χ0) is 12.1. The Kier molecular flexibility index (Phi) is 4.20. The number of nitrogens with one attached hydrogen (secondary N) is 2. The number of amides is 1. The number of carbonyl (C=O) groups is 1. The van der Waals surface area contributed by atoms with Gasteiger partial charge in [0.15, 0.2) is 0 Å². The van der Waals surface area contributed by atoms with Crippen LogP contribution in [0.4, 0.5) is 0 Å². The molecule has 4 heteroatoms. The molecule has 1 aliphatic rings. The van der Waals surface area contributed by atoms with Crippen molar-refractivity contribution in [1.82, 2.24) is 10.6 Å². The highest BCUT2D eigenvalue weighted by atomic mass is 16.3. The van der Waals surface area contributed by atoms with Crippen molar-refractivity contribution in [3.63, 3.8) is 0 Å². The smallest absolute Gasteiger partial charge is 0.234 e. The van der Waals surface area contributed by atoms with E-state index in [9.17, 15) is 4.79 Å². The van der Waals surface area contributed by atoms with Gasteiger partial charge in [-0.15, -0.1) is 0 Å². The van der Waals surface area contributed by atoms with Crippen LogP contribution in [0.5, 0.6) is 0 Å². The number of furan rings is 1. The Morgan fingerprint density at radius 3 is 2.94 bits per heavy atom. The molecule has 1 atom stereocenters. The van der Waals surface area contributed by atoms with Crippen molar-refractivity contribution in [2.24, 2.45) is 0 Å². The van der Waals surface area contributed by atoms with Gasteiger partial charge in [-0.25, -0.2) is 0 Å². The maximum Gasteiger partial charge on any atom is 0.234 e. The quantitative estimate of drug-likeness (QED) is 0.822. The summed E-state index contributed by atoms with van der Waals surface area (Å²) in [5.41, 5.74) is 0. The van der Waals surface area contributed by atoms with Gasteiger partial charge in [0.2, 0.25) is 5.91 Å². The van der Waals surface area contributed by atoms with Crippen LogP contribution in [0.15, 0.2) is 22.8 Å². The second kappa shape index (κ2) is 5.87. The first-order valence-electron chi connectivity index (χ1n) is 6.32. The third-order valence-electron chi connectivity index (χ3n) is 3.25. The fraction of sp³-hybridized carbons (Fsp3) is 0.615. The number of carbonyl (C=O) groups excluding carboxylic acids is 1. The minimum atomic E-state index is -0.0668. The van der Waals surface area contributed by atoms with E-state index >= 15 is 0 Å². The molecule has 17 heavy (non-hydrogen) atoms. The summed E-state index contributed by atoms with van der Waals surface area (Å²) in [6.45, 7) is 2.32. The van der Waals surface area contributed by atoms with Gasteiger partial charge < -0.3 is 15.1 Å². The Morgan fingerprint density at radius 1 is 1.53 bits per heavy atom. The monoisotopic (exact) mass is 236 g/mol. The van der Waals surface area contributed by atoms with Crippen LogP contribution in [-0.4, -0.2) is 18.5 Å². The largest absolute Gasteiger partial charge is 0.467 e. The van der Waals surface area contributed by atoms with E-state index in [1.807, 2.05) is 19.1 Å². The second-order valence-electron chi connectivity index (χ2n) is 4.67. The van der Waals surface area contributed by atoms with Crippen molar-refractivity contribution in [2.45, 2.75) is 44.7 Å². The molecule has 4 nitrogen and oxygen atoms in total. The van der Waals surface area contributed by atoms with E-state index in [0.29, 0.717) is 12.6 Å². The molecule has 2 rings (SSSR count). The van der Waals surface area contributed by atoms with E-state index in [1.54, 1.807) is 6.26 Å². The normalized spacial score (nSPS) is 18.2. The second-order valence-corrected chi connectivity index (χ2v) is 4.67. The van der Waals surface area contributed by atoms with E-state index in [4.69, 9.17) is 4.42 Å². The Morgan fingerprint density at radius 2 is 2.29 bits per heavy atom. The van der Waals surface area contributed by atoms with Crippen molar-refractivity contribution in [1.29, 1.82) is 0 Å². The molecule has 1 aromatic heterocycles. The van der Waals surface area contributed by atoms with Gasteiger partial charge in [0.05, 0.1) is 18.8 Å². The van der Waals surface area contributed by atoms with Crippen LogP contribution in [0, 0.1) is 0 Å². The zero-order valence-corrected chi connectivity index (χ0v) is 10.2. The summed E-state index contributed by atoms with van der Waals surface area (Å²) in [7, 11) is 0. The van der Waals surface area contributed by atoms with Gasteiger partial charge in [0.25, 0.3) is 0 Å². The summed E-state index contributed by atoms with van der Waals surface area (Å²) in [6.07, 6.45) is 6.57. The highest BCUT2D eigenvalue weighted by Gasteiger charge is 2.16. The molecule has 2 N–H and O–H groups in total. The van der Waals surface area contributed by atoms with Crippen LogP contribution in [0.1, 0.15) is 44.4 Å². The lowest BCUT2D eigenvalue weighted by Gasteiger charge is -2.14. The molecule has 1 aliphatic carbocycles. The van der Waals surface area contributed by atoms with Crippen LogP contribution in [0.25, 0.3) is 0 Å². The van der Waals surface area contributed by atoms with Gasteiger partial charge in [-0.1, -0.05) is 12.8 Å². The molecule has 1 aromatic rings. The van der Waals surface area contributed by atoms with E-state index in [0.717, 1.165) is 5.76 Å². The lowest BCUT2D eigenvalue weighted by atomic mass is 10.2. The number of rotatable bonds is 5. The first kappa shape index (κ1) is 12.2. The maximum absolute atomic E-state index is 11.7.